The van der Waals surface area contributed by atoms with Crippen molar-refractivity contribution in [3.63, 3.8) is 0 Å². The first-order valence-electron chi connectivity index (χ1n) is 7.78. The van der Waals surface area contributed by atoms with Gasteiger partial charge in [0.05, 0.1) is 29.3 Å². The number of hydrogen-bond acceptors (Lipinski definition) is 3. The van der Waals surface area contributed by atoms with Gasteiger partial charge in [0.2, 0.25) is 0 Å². The normalized spacial score (nSPS) is 12.9. The number of aryl methyl sites for hydroxylation is 1. The van der Waals surface area contributed by atoms with Crippen molar-refractivity contribution in [1.82, 2.24) is 0 Å². The van der Waals surface area contributed by atoms with Gasteiger partial charge in [0, 0.05) is 10.6 Å². The van der Waals surface area contributed by atoms with Crippen LogP contribution in [0.25, 0.3) is 0 Å². The lowest BCUT2D eigenvalue weighted by Crippen LogP contribution is -2.10. The van der Waals surface area contributed by atoms with Gasteiger partial charge < -0.3 is 4.74 Å². The molecule has 0 N–H and O–H groups in total. The minimum absolute atomic E-state index is 0.475. The minimum atomic E-state index is -1.06. The van der Waals surface area contributed by atoms with Gasteiger partial charge in [-0.2, -0.15) is 0 Å². The van der Waals surface area contributed by atoms with E-state index in [-0.39, 0.29) is 0 Å². The molecule has 0 spiro atoms. The third-order valence-corrected chi connectivity index (χ3v) is 4.87. The Morgan fingerprint density at radius 3 is 2.30 bits per heavy atom. The fraction of sp³-hybridized carbons (Fsp3) is 0.316. The van der Waals surface area contributed by atoms with Crippen LogP contribution in [0.15, 0.2) is 58.4 Å². The Morgan fingerprint density at radius 2 is 1.74 bits per heavy atom. The van der Waals surface area contributed by atoms with Crippen molar-refractivity contribution < 1.29 is 8.95 Å². The average molecular weight is 329 g/mol. The molecular weight excluding hydrogens is 306 g/mol. The zero-order valence-electron chi connectivity index (χ0n) is 13.9. The zero-order chi connectivity index (χ0) is 16.7. The molecule has 0 aliphatic carbocycles. The van der Waals surface area contributed by atoms with E-state index in [1.165, 1.54) is 5.56 Å². The summed E-state index contributed by atoms with van der Waals surface area (Å²) in [7, 11) is 0.586. The Bertz CT molecular complexity index is 676. The molecule has 0 aromatic heterocycles. The highest BCUT2D eigenvalue weighted by Gasteiger charge is 2.08. The largest absolute Gasteiger partial charge is 0.497 e. The van der Waals surface area contributed by atoms with Crippen molar-refractivity contribution in [1.29, 1.82) is 0 Å². The highest BCUT2D eigenvalue weighted by atomic mass is 32.2. The Hall–Kier alpha value is -1.94. The number of benzene rings is 2. The van der Waals surface area contributed by atoms with Gasteiger partial charge in [0.15, 0.2) is 0 Å². The summed E-state index contributed by atoms with van der Waals surface area (Å²) in [5.41, 5.74) is 3.01. The lowest BCUT2D eigenvalue weighted by Gasteiger charge is -2.07. The van der Waals surface area contributed by atoms with E-state index >= 15 is 0 Å². The lowest BCUT2D eigenvalue weighted by molar-refractivity contribution is 0.415. The highest BCUT2D eigenvalue weighted by molar-refractivity contribution is 7.85. The van der Waals surface area contributed by atoms with Crippen LogP contribution in [0.5, 0.6) is 5.75 Å². The van der Waals surface area contributed by atoms with Crippen LogP contribution in [-0.4, -0.2) is 22.8 Å². The van der Waals surface area contributed by atoms with E-state index in [0.717, 1.165) is 34.9 Å². The molecule has 0 bridgehead atoms. The predicted octanol–water partition coefficient (Wildman–Crippen LogP) is 4.68. The molecule has 0 heterocycles. The van der Waals surface area contributed by atoms with E-state index in [4.69, 9.17) is 4.74 Å². The molecule has 0 amide bonds. The monoisotopic (exact) mass is 329 g/mol. The van der Waals surface area contributed by atoms with Crippen LogP contribution in [0.1, 0.15) is 25.3 Å². The van der Waals surface area contributed by atoms with Crippen molar-refractivity contribution in [2.75, 3.05) is 12.9 Å². The summed E-state index contributed by atoms with van der Waals surface area (Å²) in [5.74, 6) is 1.28. The Morgan fingerprint density at radius 1 is 1.09 bits per heavy atom. The highest BCUT2D eigenvalue weighted by Crippen LogP contribution is 2.19. The summed E-state index contributed by atoms with van der Waals surface area (Å²) < 4.78 is 17.7. The number of aliphatic imine (C=N–C) groups is 1. The van der Waals surface area contributed by atoms with E-state index in [1.54, 1.807) is 7.11 Å². The second-order valence-corrected chi connectivity index (χ2v) is 6.88. The summed E-state index contributed by atoms with van der Waals surface area (Å²) in [6.07, 6.45) is 1.84. The molecule has 0 fully saturated rings. The second kappa shape index (κ2) is 8.63. The van der Waals surface area contributed by atoms with E-state index < -0.39 is 10.8 Å². The van der Waals surface area contributed by atoms with Gasteiger partial charge in [0.1, 0.15) is 5.75 Å². The molecular formula is C19H23NO2S. The lowest BCUT2D eigenvalue weighted by atomic mass is 10.2. The molecule has 1 unspecified atom stereocenters. The standard InChI is InChI=1S/C19H23NO2S/c1-4-5-17(20-16-8-10-18(22-3)11-9-16)14-23(21)19-12-6-15(2)7-13-19/h6-13H,4-5,14H2,1-3H3. The number of hydrogen-bond donors (Lipinski definition) is 0. The maximum absolute atomic E-state index is 12.5. The molecule has 0 saturated carbocycles. The molecule has 2 aromatic rings. The topological polar surface area (TPSA) is 38.7 Å². The molecule has 0 radical (unpaired) electrons. The molecule has 0 aliphatic heterocycles. The SMILES string of the molecule is CCCC(CS(=O)c1ccc(C)cc1)=Nc1ccc(OC)cc1. The first kappa shape index (κ1) is 17.4. The van der Waals surface area contributed by atoms with Crippen molar-refractivity contribution in [2.24, 2.45) is 4.99 Å². The van der Waals surface area contributed by atoms with Crippen molar-refractivity contribution in [2.45, 2.75) is 31.6 Å². The van der Waals surface area contributed by atoms with Crippen LogP contribution < -0.4 is 4.74 Å². The summed E-state index contributed by atoms with van der Waals surface area (Å²) in [5, 5.41) is 0. The van der Waals surface area contributed by atoms with Crippen LogP contribution in [0.4, 0.5) is 5.69 Å². The Balaban J connectivity index is 2.14. The predicted molar refractivity (Wildman–Crippen MR) is 97.5 cm³/mol. The van der Waals surface area contributed by atoms with Gasteiger partial charge in [-0.25, -0.2) is 0 Å². The molecule has 23 heavy (non-hydrogen) atoms. The first-order chi connectivity index (χ1) is 11.1. The Kier molecular flexibility index (Phi) is 6.53. The summed E-state index contributed by atoms with van der Waals surface area (Å²) in [6, 6.07) is 15.5. The summed E-state index contributed by atoms with van der Waals surface area (Å²) >= 11 is 0. The van der Waals surface area contributed by atoms with Crippen molar-refractivity contribution >= 4 is 22.2 Å². The van der Waals surface area contributed by atoms with Crippen molar-refractivity contribution in [3.8, 4) is 5.75 Å². The number of nitrogens with zero attached hydrogens (tertiary/aromatic N) is 1. The van der Waals surface area contributed by atoms with E-state index in [2.05, 4.69) is 11.9 Å². The molecule has 3 nitrogen and oxygen atoms in total. The number of rotatable bonds is 7. The molecule has 1 atom stereocenters. The Labute approximate surface area is 140 Å². The van der Waals surface area contributed by atoms with Gasteiger partial charge >= 0.3 is 0 Å². The van der Waals surface area contributed by atoms with Crippen molar-refractivity contribution in [3.05, 3.63) is 54.1 Å². The third-order valence-electron chi connectivity index (χ3n) is 3.48. The molecule has 0 saturated heterocycles. The van der Waals surface area contributed by atoms with Crippen LogP contribution >= 0.6 is 0 Å². The second-order valence-electron chi connectivity index (χ2n) is 5.43. The fourth-order valence-electron chi connectivity index (χ4n) is 2.21. The first-order valence-corrected chi connectivity index (χ1v) is 9.09. The molecule has 4 heteroatoms. The smallest absolute Gasteiger partial charge is 0.119 e. The van der Waals surface area contributed by atoms with Gasteiger partial charge in [-0.3, -0.25) is 9.20 Å². The zero-order valence-corrected chi connectivity index (χ0v) is 14.7. The quantitative estimate of drug-likeness (QED) is 0.692. The molecule has 2 aromatic carbocycles. The van der Waals surface area contributed by atoms with Crippen LogP contribution in [0, 0.1) is 6.92 Å². The minimum Gasteiger partial charge on any atom is -0.497 e. The summed E-state index contributed by atoms with van der Waals surface area (Å²) in [4.78, 5) is 5.53. The number of methoxy groups -OCH3 is 1. The third kappa shape index (κ3) is 5.32. The van der Waals surface area contributed by atoms with E-state index in [1.807, 2.05) is 55.5 Å². The summed E-state index contributed by atoms with van der Waals surface area (Å²) in [6.45, 7) is 4.14. The van der Waals surface area contributed by atoms with E-state index in [9.17, 15) is 4.21 Å². The van der Waals surface area contributed by atoms with Crippen LogP contribution in [0.3, 0.4) is 0 Å². The van der Waals surface area contributed by atoms with Crippen LogP contribution in [0.2, 0.25) is 0 Å². The maximum Gasteiger partial charge on any atom is 0.119 e. The van der Waals surface area contributed by atoms with Gasteiger partial charge in [0.25, 0.3) is 0 Å². The average Bonchev–Trinajstić information content (AvgIpc) is 2.56. The van der Waals surface area contributed by atoms with Gasteiger partial charge in [-0.05, 0) is 49.7 Å². The van der Waals surface area contributed by atoms with E-state index in [0.29, 0.717) is 5.75 Å². The number of ether oxygens (including phenoxy) is 1. The molecule has 0 aliphatic rings. The fourth-order valence-corrected chi connectivity index (χ4v) is 3.33. The van der Waals surface area contributed by atoms with Gasteiger partial charge in [-0.15, -0.1) is 0 Å². The maximum atomic E-state index is 12.5. The van der Waals surface area contributed by atoms with Gasteiger partial charge in [-0.1, -0.05) is 31.0 Å². The molecule has 122 valence electrons. The molecule has 2 rings (SSSR count). The van der Waals surface area contributed by atoms with Crippen LogP contribution in [-0.2, 0) is 10.8 Å².